The zero-order valence-electron chi connectivity index (χ0n) is 8.04. The van der Waals surface area contributed by atoms with E-state index in [4.69, 9.17) is 4.74 Å². The van der Waals surface area contributed by atoms with Gasteiger partial charge in [0.1, 0.15) is 12.0 Å². The molecule has 0 aliphatic heterocycles. The van der Waals surface area contributed by atoms with Crippen molar-refractivity contribution in [1.29, 1.82) is 0 Å². The summed E-state index contributed by atoms with van der Waals surface area (Å²) in [7, 11) is 1.62. The van der Waals surface area contributed by atoms with Crippen LogP contribution >= 0.6 is 0 Å². The summed E-state index contributed by atoms with van der Waals surface area (Å²) in [4.78, 5) is 10.4. The van der Waals surface area contributed by atoms with Crippen LogP contribution < -0.4 is 4.74 Å². The average Bonchev–Trinajstić information content (AvgIpc) is 2.18. The topological polar surface area (TPSA) is 26.3 Å². The molecule has 1 rings (SSSR count). The quantitative estimate of drug-likeness (QED) is 0.659. The van der Waals surface area contributed by atoms with Gasteiger partial charge in [-0.15, -0.1) is 0 Å². The van der Waals surface area contributed by atoms with Crippen molar-refractivity contribution >= 4 is 6.29 Å². The molecule has 2 nitrogen and oxygen atoms in total. The summed E-state index contributed by atoms with van der Waals surface area (Å²) >= 11 is 0. The third kappa shape index (κ3) is 2.31. The van der Waals surface area contributed by atoms with Gasteiger partial charge in [-0.25, -0.2) is 0 Å². The predicted octanol–water partition coefficient (Wildman–Crippen LogP) is 2.00. The number of ether oxygens (including phenoxy) is 1. The van der Waals surface area contributed by atoms with Crippen molar-refractivity contribution < 1.29 is 9.53 Å². The molecule has 0 saturated carbocycles. The molecule has 1 aromatic carbocycles. The van der Waals surface area contributed by atoms with Gasteiger partial charge in [-0.05, 0) is 18.1 Å². The van der Waals surface area contributed by atoms with Gasteiger partial charge in [0.15, 0.2) is 0 Å². The fourth-order valence-corrected chi connectivity index (χ4v) is 1.30. The van der Waals surface area contributed by atoms with Crippen LogP contribution in [-0.4, -0.2) is 13.4 Å². The van der Waals surface area contributed by atoms with Gasteiger partial charge in [-0.1, -0.05) is 19.1 Å². The van der Waals surface area contributed by atoms with E-state index >= 15 is 0 Å². The highest BCUT2D eigenvalue weighted by Crippen LogP contribution is 2.19. The second-order valence-electron chi connectivity index (χ2n) is 2.87. The summed E-state index contributed by atoms with van der Waals surface area (Å²) in [6, 6.07) is 5.96. The Morgan fingerprint density at radius 3 is 2.77 bits per heavy atom. The summed E-state index contributed by atoms with van der Waals surface area (Å²) in [6.45, 7) is 2.09. The summed E-state index contributed by atoms with van der Waals surface area (Å²) in [5, 5.41) is 0. The first-order valence-electron chi connectivity index (χ1n) is 4.41. The molecule has 0 aliphatic rings. The Morgan fingerprint density at radius 2 is 2.23 bits per heavy atom. The first-order valence-corrected chi connectivity index (χ1v) is 4.41. The number of hydrogen-bond donors (Lipinski definition) is 0. The van der Waals surface area contributed by atoms with E-state index in [1.807, 2.05) is 18.2 Å². The maximum absolute atomic E-state index is 10.4. The Morgan fingerprint density at radius 1 is 1.46 bits per heavy atom. The third-order valence-electron chi connectivity index (χ3n) is 2.06. The predicted molar refractivity (Wildman–Crippen MR) is 52.1 cm³/mol. The van der Waals surface area contributed by atoms with Gasteiger partial charge in [-0.3, -0.25) is 0 Å². The molecule has 0 atom stereocenters. The number of carbonyl (C=O) groups excluding carboxylic acids is 1. The first-order chi connectivity index (χ1) is 6.31. The van der Waals surface area contributed by atoms with Crippen LogP contribution in [-0.2, 0) is 17.6 Å². The third-order valence-corrected chi connectivity index (χ3v) is 2.06. The fraction of sp³-hybridized carbons (Fsp3) is 0.364. The maximum atomic E-state index is 10.4. The van der Waals surface area contributed by atoms with E-state index in [0.717, 1.165) is 24.0 Å². The van der Waals surface area contributed by atoms with E-state index < -0.39 is 0 Å². The lowest BCUT2D eigenvalue weighted by Gasteiger charge is -2.07. The number of aryl methyl sites for hydroxylation is 1. The van der Waals surface area contributed by atoms with Gasteiger partial charge in [0.25, 0.3) is 0 Å². The normalized spacial score (nSPS) is 9.69. The molecule has 0 N–H and O–H groups in total. The molecule has 0 radical (unpaired) electrons. The van der Waals surface area contributed by atoms with Crippen molar-refractivity contribution in [3.05, 3.63) is 29.3 Å². The van der Waals surface area contributed by atoms with Gasteiger partial charge in [0.2, 0.25) is 0 Å². The van der Waals surface area contributed by atoms with Gasteiger partial charge in [-0.2, -0.15) is 0 Å². The lowest BCUT2D eigenvalue weighted by atomic mass is 10.1. The van der Waals surface area contributed by atoms with Crippen LogP contribution in [0.5, 0.6) is 5.75 Å². The van der Waals surface area contributed by atoms with Crippen molar-refractivity contribution in [2.75, 3.05) is 7.11 Å². The van der Waals surface area contributed by atoms with Crippen LogP contribution in [0, 0.1) is 0 Å². The minimum absolute atomic E-state index is 0.428. The van der Waals surface area contributed by atoms with Crippen molar-refractivity contribution in [2.24, 2.45) is 0 Å². The molecule has 70 valence electrons. The Kier molecular flexibility index (Phi) is 3.50. The molecule has 13 heavy (non-hydrogen) atoms. The Hall–Kier alpha value is -1.31. The number of rotatable bonds is 4. The first kappa shape index (κ1) is 9.78. The summed E-state index contributed by atoms with van der Waals surface area (Å²) < 4.78 is 5.14. The lowest BCUT2D eigenvalue weighted by Crippen LogP contribution is -1.94. The Labute approximate surface area is 78.5 Å². The Balaban J connectivity index is 3.01. The molecule has 0 unspecified atom stereocenters. The van der Waals surface area contributed by atoms with E-state index in [9.17, 15) is 4.79 Å². The van der Waals surface area contributed by atoms with Gasteiger partial charge in [0.05, 0.1) is 7.11 Å². The molecule has 0 heterocycles. The number of carbonyl (C=O) groups is 1. The number of aldehydes is 1. The van der Waals surface area contributed by atoms with E-state index in [-0.39, 0.29) is 0 Å². The molecule has 0 aromatic heterocycles. The molecular formula is C11H14O2. The molecule has 2 heteroatoms. The van der Waals surface area contributed by atoms with E-state index in [1.165, 1.54) is 5.56 Å². The van der Waals surface area contributed by atoms with Crippen LogP contribution in [0.15, 0.2) is 18.2 Å². The smallest absolute Gasteiger partial charge is 0.124 e. The largest absolute Gasteiger partial charge is 0.496 e. The van der Waals surface area contributed by atoms with Crippen LogP contribution in [0.25, 0.3) is 0 Å². The molecular weight excluding hydrogens is 164 g/mol. The average molecular weight is 178 g/mol. The zero-order chi connectivity index (χ0) is 9.68. The lowest BCUT2D eigenvalue weighted by molar-refractivity contribution is -0.107. The van der Waals surface area contributed by atoms with Crippen molar-refractivity contribution in [3.8, 4) is 5.75 Å². The molecule has 0 saturated heterocycles. The highest BCUT2D eigenvalue weighted by molar-refractivity contribution is 5.58. The second kappa shape index (κ2) is 4.65. The van der Waals surface area contributed by atoms with Gasteiger partial charge in [0, 0.05) is 12.0 Å². The fourth-order valence-electron chi connectivity index (χ4n) is 1.30. The zero-order valence-corrected chi connectivity index (χ0v) is 8.04. The number of methoxy groups -OCH3 is 1. The number of hydrogen-bond acceptors (Lipinski definition) is 2. The van der Waals surface area contributed by atoms with E-state index in [2.05, 4.69) is 6.92 Å². The van der Waals surface area contributed by atoms with Crippen LogP contribution in [0.1, 0.15) is 18.1 Å². The molecule has 1 aromatic rings. The number of benzene rings is 1. The SMILES string of the molecule is CCc1ccc(OC)c(CC=O)c1. The molecule has 0 bridgehead atoms. The molecule has 0 spiro atoms. The van der Waals surface area contributed by atoms with Crippen molar-refractivity contribution in [3.63, 3.8) is 0 Å². The second-order valence-corrected chi connectivity index (χ2v) is 2.87. The monoisotopic (exact) mass is 178 g/mol. The summed E-state index contributed by atoms with van der Waals surface area (Å²) in [6.07, 6.45) is 2.31. The maximum Gasteiger partial charge on any atom is 0.124 e. The van der Waals surface area contributed by atoms with E-state index in [1.54, 1.807) is 7.11 Å². The van der Waals surface area contributed by atoms with Gasteiger partial charge < -0.3 is 9.53 Å². The summed E-state index contributed by atoms with van der Waals surface area (Å²) in [5.74, 6) is 0.796. The Bertz CT molecular complexity index is 292. The van der Waals surface area contributed by atoms with Crippen molar-refractivity contribution in [2.45, 2.75) is 19.8 Å². The molecule has 0 fully saturated rings. The summed E-state index contributed by atoms with van der Waals surface area (Å²) in [5.41, 5.74) is 2.20. The highest BCUT2D eigenvalue weighted by atomic mass is 16.5. The van der Waals surface area contributed by atoms with Crippen LogP contribution in [0.4, 0.5) is 0 Å². The van der Waals surface area contributed by atoms with E-state index in [0.29, 0.717) is 6.42 Å². The van der Waals surface area contributed by atoms with Crippen molar-refractivity contribution in [1.82, 2.24) is 0 Å². The van der Waals surface area contributed by atoms with Gasteiger partial charge >= 0.3 is 0 Å². The highest BCUT2D eigenvalue weighted by Gasteiger charge is 2.02. The minimum Gasteiger partial charge on any atom is -0.496 e. The van der Waals surface area contributed by atoms with Crippen LogP contribution in [0.3, 0.4) is 0 Å². The van der Waals surface area contributed by atoms with Crippen LogP contribution in [0.2, 0.25) is 0 Å². The minimum atomic E-state index is 0.428. The molecule has 0 amide bonds. The standard InChI is InChI=1S/C11H14O2/c1-3-9-4-5-11(13-2)10(8-9)6-7-12/h4-5,7-8H,3,6H2,1-2H3. The molecule has 0 aliphatic carbocycles.